The normalized spacial score (nSPS) is 37.2. The van der Waals surface area contributed by atoms with Crippen LogP contribution in [0.3, 0.4) is 0 Å². The minimum atomic E-state index is -1.52. The van der Waals surface area contributed by atoms with Gasteiger partial charge in [0, 0.05) is 25.0 Å². The number of rotatable bonds is 11. The van der Waals surface area contributed by atoms with Crippen LogP contribution in [-0.2, 0) is 58.9 Å². The Morgan fingerprint density at radius 1 is 0.933 bits per heavy atom. The van der Waals surface area contributed by atoms with Crippen molar-refractivity contribution in [2.24, 2.45) is 23.7 Å². The van der Waals surface area contributed by atoms with Crippen molar-refractivity contribution in [1.82, 2.24) is 4.90 Å². The minimum Gasteiger partial charge on any atom is -0.459 e. The monoisotopic (exact) mass is 839 g/mol. The fraction of sp³-hybridized carbons (Fsp3) is 0.652. The summed E-state index contributed by atoms with van der Waals surface area (Å²) >= 11 is 0. The molecule has 14 nitrogen and oxygen atoms in total. The molecule has 3 heterocycles. The van der Waals surface area contributed by atoms with Gasteiger partial charge in [0.2, 0.25) is 0 Å². The van der Waals surface area contributed by atoms with E-state index in [-0.39, 0.29) is 37.4 Å². The van der Waals surface area contributed by atoms with Crippen molar-refractivity contribution in [2.45, 2.75) is 148 Å². The van der Waals surface area contributed by atoms with Gasteiger partial charge in [-0.2, -0.15) is 0 Å². The van der Waals surface area contributed by atoms with Crippen LogP contribution in [0.1, 0.15) is 91.9 Å². The number of cyclic esters (lactones) is 1. The predicted molar refractivity (Wildman–Crippen MR) is 219 cm³/mol. The van der Waals surface area contributed by atoms with Gasteiger partial charge >= 0.3 is 18.1 Å². The van der Waals surface area contributed by atoms with Crippen LogP contribution in [0.25, 0.3) is 0 Å². The van der Waals surface area contributed by atoms with Crippen molar-refractivity contribution >= 4 is 23.9 Å². The van der Waals surface area contributed by atoms with E-state index in [9.17, 15) is 24.3 Å². The van der Waals surface area contributed by atoms with E-state index in [0.717, 1.165) is 5.56 Å². The minimum absolute atomic E-state index is 0.0823. The van der Waals surface area contributed by atoms with Crippen LogP contribution in [0.4, 0.5) is 4.79 Å². The Labute approximate surface area is 354 Å². The van der Waals surface area contributed by atoms with E-state index >= 15 is 0 Å². The Balaban J connectivity index is 1.63. The topological polar surface area (TPSA) is 166 Å². The number of ether oxygens (including phenoxy) is 8. The number of ketones is 1. The number of likely N-dealkylation sites (N-methyl/N-ethyl adjacent to an activating group) is 1. The molecular weight excluding hydrogens is 775 g/mol. The summed E-state index contributed by atoms with van der Waals surface area (Å²) in [6.45, 7) is 13.9. The van der Waals surface area contributed by atoms with Gasteiger partial charge < -0.3 is 47.9 Å². The maximum atomic E-state index is 14.7. The van der Waals surface area contributed by atoms with Gasteiger partial charge in [-0.1, -0.05) is 88.4 Å². The van der Waals surface area contributed by atoms with E-state index < -0.39 is 95.9 Å². The molecule has 5 rings (SSSR count). The van der Waals surface area contributed by atoms with Gasteiger partial charge in [-0.25, -0.2) is 9.59 Å². The number of fused-ring (bicyclic) bond motifs is 1. The Morgan fingerprint density at radius 3 is 2.17 bits per heavy atom. The molecule has 2 aromatic carbocycles. The molecule has 332 valence electrons. The number of hydrogen-bond donors (Lipinski definition) is 1. The lowest BCUT2D eigenvalue weighted by Crippen LogP contribution is -2.60. The van der Waals surface area contributed by atoms with Crippen LogP contribution < -0.4 is 0 Å². The fourth-order valence-corrected chi connectivity index (χ4v) is 9.28. The average Bonchev–Trinajstić information content (AvgIpc) is 3.54. The van der Waals surface area contributed by atoms with Crippen molar-refractivity contribution in [2.75, 3.05) is 21.2 Å². The summed E-state index contributed by atoms with van der Waals surface area (Å²) in [5.74, 6) is -5.36. The van der Waals surface area contributed by atoms with Gasteiger partial charge in [0.15, 0.2) is 24.1 Å². The fourth-order valence-electron chi connectivity index (χ4n) is 9.28. The molecular formula is C46H65NO13. The number of methoxy groups -OCH3 is 1. The van der Waals surface area contributed by atoms with Crippen LogP contribution in [0.15, 0.2) is 60.7 Å². The molecule has 3 aliphatic heterocycles. The largest absolute Gasteiger partial charge is 0.509 e. The first kappa shape index (κ1) is 47.1. The van der Waals surface area contributed by atoms with Gasteiger partial charge in [0.1, 0.15) is 24.1 Å². The van der Waals surface area contributed by atoms with Crippen LogP contribution >= 0.6 is 0 Å². The van der Waals surface area contributed by atoms with Crippen molar-refractivity contribution in [3.8, 4) is 0 Å². The molecule has 0 saturated carbocycles. The SMILES string of the molecule is CC[C@H]1OC(=O)[C@H](C)[C@H](OC(=O)[C@H](OCc2ccccc2)c2ccccc2)[C@H](C)[C@@H](O[C@@H]2O[C@H](C)C[C@H](N(C)C)[C@H]2O)[C@@](C)(OC)C[C@@H](C)C(=O)[C@H](C)[C@H]2OC(=O)O[C@@]21C. The standard InChI is InChI=1S/C46H65NO13/c1-12-34-46(8)40(59-44(52)60-46)28(4)35(48)26(2)24-45(7,53-11)39(58-43-36(49)33(47(9)10)23-27(3)55-43)29(5)37(30(6)41(50)56-34)57-42(51)38(32-21-17-14-18-22-32)54-25-31-19-15-13-16-20-31/h13-22,26-30,33-34,36-40,43,49H,12,23-25H2,1-11H3/t26-,27-,28+,29+,30-,33+,34-,36-,37-,38-,39-,40-,43+,45+,46-/m1/s1. The highest BCUT2D eigenvalue weighted by Gasteiger charge is 2.59. The summed E-state index contributed by atoms with van der Waals surface area (Å²) in [5.41, 5.74) is -1.48. The molecule has 14 heteroatoms. The smallest absolute Gasteiger partial charge is 0.459 e. The van der Waals surface area contributed by atoms with Crippen LogP contribution in [0.2, 0.25) is 0 Å². The zero-order chi connectivity index (χ0) is 44.1. The van der Waals surface area contributed by atoms with E-state index in [1.54, 1.807) is 72.7 Å². The van der Waals surface area contributed by atoms with Crippen molar-refractivity contribution in [1.29, 1.82) is 0 Å². The van der Waals surface area contributed by atoms with E-state index in [0.29, 0.717) is 12.0 Å². The molecule has 3 aliphatic rings. The number of hydrogen-bond acceptors (Lipinski definition) is 14. The molecule has 15 atom stereocenters. The van der Waals surface area contributed by atoms with Gasteiger partial charge in [-0.3, -0.25) is 9.59 Å². The van der Waals surface area contributed by atoms with Gasteiger partial charge in [0.05, 0.1) is 36.3 Å². The molecule has 2 aromatic rings. The number of aliphatic hydroxyl groups excluding tert-OH is 1. The Hall–Kier alpha value is -3.92. The second-order valence-corrected chi connectivity index (χ2v) is 17.5. The molecule has 0 spiro atoms. The molecule has 0 aromatic heterocycles. The third-order valence-corrected chi connectivity index (χ3v) is 12.8. The summed E-state index contributed by atoms with van der Waals surface area (Å²) in [7, 11) is 5.23. The lowest BCUT2D eigenvalue weighted by atomic mass is 9.74. The number of benzene rings is 2. The molecule has 3 fully saturated rings. The molecule has 0 unspecified atom stereocenters. The lowest BCUT2D eigenvalue weighted by molar-refractivity contribution is -0.302. The number of carbonyl (C=O) groups excluding carboxylic acids is 4. The van der Waals surface area contributed by atoms with Gasteiger partial charge in [-0.05, 0) is 72.2 Å². The zero-order valence-corrected chi connectivity index (χ0v) is 36.9. The highest BCUT2D eigenvalue weighted by Crippen LogP contribution is 2.43. The summed E-state index contributed by atoms with van der Waals surface area (Å²) < 4.78 is 49.8. The summed E-state index contributed by atoms with van der Waals surface area (Å²) in [6, 6.07) is 18.0. The van der Waals surface area contributed by atoms with E-state index in [1.807, 2.05) is 62.3 Å². The van der Waals surface area contributed by atoms with Gasteiger partial charge in [-0.15, -0.1) is 0 Å². The number of Topliss-reactive ketones (excluding diaryl/α,β-unsaturated/α-hetero) is 1. The summed E-state index contributed by atoms with van der Waals surface area (Å²) in [6.07, 6.45) is -8.40. The van der Waals surface area contributed by atoms with E-state index in [2.05, 4.69) is 0 Å². The number of nitrogens with zero attached hydrogens (tertiary/aromatic N) is 1. The second kappa shape index (κ2) is 19.9. The Bertz CT molecular complexity index is 1760. The van der Waals surface area contributed by atoms with Gasteiger partial charge in [0.25, 0.3) is 0 Å². The summed E-state index contributed by atoms with van der Waals surface area (Å²) in [4.78, 5) is 58.3. The molecule has 0 radical (unpaired) electrons. The zero-order valence-electron chi connectivity index (χ0n) is 36.9. The van der Waals surface area contributed by atoms with E-state index in [1.165, 1.54) is 7.11 Å². The van der Waals surface area contributed by atoms with E-state index in [4.69, 9.17) is 37.9 Å². The summed E-state index contributed by atoms with van der Waals surface area (Å²) in [5, 5.41) is 11.7. The molecule has 0 aliphatic carbocycles. The highest BCUT2D eigenvalue weighted by atomic mass is 16.8. The highest BCUT2D eigenvalue weighted by molar-refractivity contribution is 5.84. The average molecular weight is 840 g/mol. The third kappa shape index (κ3) is 10.2. The van der Waals surface area contributed by atoms with Crippen molar-refractivity contribution in [3.63, 3.8) is 0 Å². The first-order chi connectivity index (χ1) is 28.3. The Morgan fingerprint density at radius 2 is 1.57 bits per heavy atom. The molecule has 60 heavy (non-hydrogen) atoms. The maximum Gasteiger partial charge on any atom is 0.509 e. The first-order valence-electron chi connectivity index (χ1n) is 21.1. The molecule has 0 amide bonds. The molecule has 1 N–H and O–H groups in total. The number of aliphatic hydroxyl groups is 1. The maximum absolute atomic E-state index is 14.7. The van der Waals surface area contributed by atoms with Crippen LogP contribution in [-0.4, -0.2) is 115 Å². The first-order valence-corrected chi connectivity index (χ1v) is 21.1. The third-order valence-electron chi connectivity index (χ3n) is 12.8. The quantitative estimate of drug-likeness (QED) is 0.201. The predicted octanol–water partition coefficient (Wildman–Crippen LogP) is 6.21. The lowest BCUT2D eigenvalue weighted by Gasteiger charge is -2.48. The van der Waals surface area contributed by atoms with Crippen LogP contribution in [0, 0.1) is 23.7 Å². The second-order valence-electron chi connectivity index (χ2n) is 17.5. The molecule has 3 saturated heterocycles. The number of esters is 2. The molecule has 0 bridgehead atoms. The van der Waals surface area contributed by atoms with Crippen molar-refractivity contribution < 1.29 is 62.2 Å². The van der Waals surface area contributed by atoms with Crippen molar-refractivity contribution in [3.05, 3.63) is 71.8 Å². The Kier molecular flexibility index (Phi) is 15.6. The van der Waals surface area contributed by atoms with Crippen LogP contribution in [0.5, 0.6) is 0 Å². The number of carbonyl (C=O) groups is 4.